The molecular formula is C20H23F2N3O5S. The van der Waals surface area contributed by atoms with Crippen LogP contribution < -0.4 is 15.4 Å². The number of halogens is 2. The summed E-state index contributed by atoms with van der Waals surface area (Å²) in [5, 5.41) is 4.90. The van der Waals surface area contributed by atoms with Gasteiger partial charge < -0.3 is 15.4 Å². The van der Waals surface area contributed by atoms with E-state index < -0.39 is 28.4 Å². The van der Waals surface area contributed by atoms with E-state index in [9.17, 15) is 26.8 Å². The number of benzene rings is 2. The summed E-state index contributed by atoms with van der Waals surface area (Å²) < 4.78 is 55.0. The van der Waals surface area contributed by atoms with Crippen LogP contribution in [0.15, 0.2) is 53.4 Å². The van der Waals surface area contributed by atoms with Crippen molar-refractivity contribution in [2.75, 3.05) is 25.0 Å². The van der Waals surface area contributed by atoms with Crippen LogP contribution in [0.25, 0.3) is 0 Å². The van der Waals surface area contributed by atoms with Crippen molar-refractivity contribution in [3.05, 3.63) is 54.1 Å². The maximum atomic E-state index is 12.6. The zero-order valence-corrected chi connectivity index (χ0v) is 17.8. The Hall–Kier alpha value is -3.05. The lowest BCUT2D eigenvalue weighted by Crippen LogP contribution is -2.33. The zero-order chi connectivity index (χ0) is 23.0. The molecule has 0 heterocycles. The Morgan fingerprint density at radius 2 is 1.71 bits per heavy atom. The summed E-state index contributed by atoms with van der Waals surface area (Å²) in [4.78, 5) is 24.4. The third-order valence-corrected chi connectivity index (χ3v) is 6.26. The summed E-state index contributed by atoms with van der Waals surface area (Å²) in [6.07, 6.45) is 0. The second kappa shape index (κ2) is 10.8. The lowest BCUT2D eigenvalue weighted by molar-refractivity contribution is -0.115. The quantitative estimate of drug-likeness (QED) is 0.573. The van der Waals surface area contributed by atoms with Gasteiger partial charge in [0.2, 0.25) is 15.9 Å². The molecule has 2 amide bonds. The number of sulfonamides is 1. The average molecular weight is 455 g/mol. The molecule has 8 nitrogen and oxygen atoms in total. The highest BCUT2D eigenvalue weighted by molar-refractivity contribution is 7.89. The van der Waals surface area contributed by atoms with Gasteiger partial charge in [-0.15, -0.1) is 0 Å². The fraction of sp³-hybridized carbons (Fsp3) is 0.300. The minimum absolute atomic E-state index is 0.0144. The van der Waals surface area contributed by atoms with Crippen LogP contribution in [0.5, 0.6) is 5.75 Å². The molecule has 0 saturated heterocycles. The van der Waals surface area contributed by atoms with Gasteiger partial charge in [-0.25, -0.2) is 8.42 Å². The van der Waals surface area contributed by atoms with Crippen molar-refractivity contribution in [1.29, 1.82) is 0 Å². The molecule has 2 aromatic rings. The average Bonchev–Trinajstić information content (AvgIpc) is 2.74. The molecule has 0 fully saturated rings. The molecule has 168 valence electrons. The molecule has 0 saturated carbocycles. The Morgan fingerprint density at radius 3 is 2.29 bits per heavy atom. The lowest BCUT2D eigenvalue weighted by Gasteiger charge is -2.18. The Labute approximate surface area is 179 Å². The predicted molar refractivity (Wildman–Crippen MR) is 111 cm³/mol. The van der Waals surface area contributed by atoms with Crippen LogP contribution in [0, 0.1) is 0 Å². The molecule has 0 atom stereocenters. The van der Waals surface area contributed by atoms with E-state index in [0.29, 0.717) is 18.8 Å². The number of anilines is 1. The molecule has 0 aliphatic heterocycles. The molecule has 2 N–H and O–H groups in total. The summed E-state index contributed by atoms with van der Waals surface area (Å²) in [5.74, 6) is -1.23. The SMILES string of the molecule is CCN(CC)S(=O)(=O)c1cccc(C(=O)NCC(=O)Nc2ccc(OC(F)F)cc2)c1. The molecule has 0 aliphatic rings. The van der Waals surface area contributed by atoms with E-state index in [0.717, 1.165) is 0 Å². The van der Waals surface area contributed by atoms with Crippen molar-refractivity contribution in [3.63, 3.8) is 0 Å². The van der Waals surface area contributed by atoms with Crippen molar-refractivity contribution in [2.45, 2.75) is 25.4 Å². The Kier molecular flexibility index (Phi) is 8.46. The van der Waals surface area contributed by atoms with Gasteiger partial charge in [0.15, 0.2) is 0 Å². The van der Waals surface area contributed by atoms with E-state index in [1.54, 1.807) is 13.8 Å². The molecule has 0 unspecified atom stereocenters. The molecule has 2 aromatic carbocycles. The van der Waals surface area contributed by atoms with Gasteiger partial charge in [-0.2, -0.15) is 13.1 Å². The van der Waals surface area contributed by atoms with Crippen molar-refractivity contribution >= 4 is 27.5 Å². The maximum absolute atomic E-state index is 12.6. The highest BCUT2D eigenvalue weighted by atomic mass is 32.2. The summed E-state index contributed by atoms with van der Waals surface area (Å²) in [6, 6.07) is 10.8. The van der Waals surface area contributed by atoms with Crippen LogP contribution in [0.4, 0.5) is 14.5 Å². The number of hydrogen-bond acceptors (Lipinski definition) is 5. The maximum Gasteiger partial charge on any atom is 0.387 e. The Balaban J connectivity index is 1.97. The molecule has 0 bridgehead atoms. The Morgan fingerprint density at radius 1 is 1.06 bits per heavy atom. The van der Waals surface area contributed by atoms with Crippen LogP contribution >= 0.6 is 0 Å². The number of carbonyl (C=O) groups is 2. The van der Waals surface area contributed by atoms with Crippen LogP contribution in [0.2, 0.25) is 0 Å². The van der Waals surface area contributed by atoms with Crippen LogP contribution in [0.3, 0.4) is 0 Å². The van der Waals surface area contributed by atoms with Gasteiger partial charge in [0.1, 0.15) is 5.75 Å². The van der Waals surface area contributed by atoms with E-state index in [1.807, 2.05) is 0 Å². The summed E-state index contributed by atoms with van der Waals surface area (Å²) in [6.45, 7) is 0.706. The minimum Gasteiger partial charge on any atom is -0.435 e. The Bertz CT molecular complexity index is 1010. The monoisotopic (exact) mass is 455 g/mol. The first-order chi connectivity index (χ1) is 14.7. The number of carbonyl (C=O) groups excluding carboxylic acids is 2. The van der Waals surface area contributed by atoms with E-state index in [-0.39, 0.29) is 22.8 Å². The van der Waals surface area contributed by atoms with Gasteiger partial charge in [-0.3, -0.25) is 9.59 Å². The normalized spacial score (nSPS) is 11.4. The van der Waals surface area contributed by atoms with Crippen LogP contribution in [-0.4, -0.2) is 50.8 Å². The minimum atomic E-state index is -3.72. The smallest absolute Gasteiger partial charge is 0.387 e. The second-order valence-corrected chi connectivity index (χ2v) is 8.19. The zero-order valence-electron chi connectivity index (χ0n) is 17.0. The van der Waals surface area contributed by atoms with Gasteiger partial charge in [-0.05, 0) is 42.5 Å². The highest BCUT2D eigenvalue weighted by Crippen LogP contribution is 2.18. The summed E-state index contributed by atoms with van der Waals surface area (Å²) >= 11 is 0. The fourth-order valence-electron chi connectivity index (χ4n) is 2.70. The third kappa shape index (κ3) is 6.72. The largest absolute Gasteiger partial charge is 0.435 e. The molecule has 2 rings (SSSR count). The van der Waals surface area contributed by atoms with Crippen molar-refractivity contribution in [3.8, 4) is 5.75 Å². The van der Waals surface area contributed by atoms with Crippen LogP contribution in [0.1, 0.15) is 24.2 Å². The molecule has 31 heavy (non-hydrogen) atoms. The summed E-state index contributed by atoms with van der Waals surface area (Å²) in [7, 11) is -3.72. The fourth-order valence-corrected chi connectivity index (χ4v) is 4.20. The number of rotatable bonds is 10. The highest BCUT2D eigenvalue weighted by Gasteiger charge is 2.22. The topological polar surface area (TPSA) is 105 Å². The molecule has 0 aromatic heterocycles. The predicted octanol–water partition coefficient (Wildman–Crippen LogP) is 2.69. The standard InChI is InChI=1S/C20H23F2N3O5S/c1-3-25(4-2)31(28,29)17-7-5-6-14(12-17)19(27)23-13-18(26)24-15-8-10-16(11-9-15)30-20(21)22/h5-12,20H,3-4,13H2,1-2H3,(H,23,27)(H,24,26). The number of alkyl halides is 2. The van der Waals surface area contributed by atoms with E-state index in [2.05, 4.69) is 15.4 Å². The number of ether oxygens (including phenoxy) is 1. The van der Waals surface area contributed by atoms with Gasteiger partial charge in [0.05, 0.1) is 11.4 Å². The van der Waals surface area contributed by atoms with Crippen LogP contribution in [-0.2, 0) is 14.8 Å². The lowest BCUT2D eigenvalue weighted by atomic mass is 10.2. The summed E-state index contributed by atoms with van der Waals surface area (Å²) in [5.41, 5.74) is 0.419. The van der Waals surface area contributed by atoms with Gasteiger partial charge >= 0.3 is 6.61 Å². The number of nitrogens with zero attached hydrogens (tertiary/aromatic N) is 1. The first kappa shape index (κ1) is 24.2. The first-order valence-electron chi connectivity index (χ1n) is 9.40. The molecule has 11 heteroatoms. The van der Waals surface area contributed by atoms with E-state index >= 15 is 0 Å². The van der Waals surface area contributed by atoms with Gasteiger partial charge in [-0.1, -0.05) is 19.9 Å². The number of nitrogens with one attached hydrogen (secondary N) is 2. The van der Waals surface area contributed by atoms with Crippen molar-refractivity contribution < 1.29 is 31.5 Å². The van der Waals surface area contributed by atoms with E-state index in [4.69, 9.17) is 0 Å². The van der Waals surface area contributed by atoms with Gasteiger partial charge in [0.25, 0.3) is 5.91 Å². The van der Waals surface area contributed by atoms with Crippen molar-refractivity contribution in [2.24, 2.45) is 0 Å². The molecule has 0 aliphatic carbocycles. The number of amides is 2. The van der Waals surface area contributed by atoms with Crippen molar-refractivity contribution in [1.82, 2.24) is 9.62 Å². The van der Waals surface area contributed by atoms with Gasteiger partial charge in [0, 0.05) is 24.3 Å². The molecule has 0 radical (unpaired) electrons. The van der Waals surface area contributed by atoms with E-state index in [1.165, 1.54) is 52.8 Å². The molecular weight excluding hydrogens is 432 g/mol. The molecule has 0 spiro atoms. The third-order valence-electron chi connectivity index (χ3n) is 4.21. The number of hydrogen-bond donors (Lipinski definition) is 2. The first-order valence-corrected chi connectivity index (χ1v) is 10.8. The second-order valence-electron chi connectivity index (χ2n) is 6.25.